The van der Waals surface area contributed by atoms with Gasteiger partial charge in [0.25, 0.3) is 5.91 Å². The van der Waals surface area contributed by atoms with Gasteiger partial charge in [-0.2, -0.15) is 0 Å². The Hall–Kier alpha value is -5.62. The number of benzene rings is 2. The van der Waals surface area contributed by atoms with Gasteiger partial charge in [0, 0.05) is 42.3 Å². The first-order valence-electron chi connectivity index (χ1n) is 16.2. The van der Waals surface area contributed by atoms with E-state index in [0.717, 1.165) is 29.6 Å². The third kappa shape index (κ3) is 6.47. The highest BCUT2D eigenvalue weighted by Gasteiger charge is 2.40. The summed E-state index contributed by atoms with van der Waals surface area (Å²) in [4.78, 5) is 39.2. The van der Waals surface area contributed by atoms with Crippen LogP contribution in [0.4, 0.5) is 25.1 Å². The number of halogens is 2. The Morgan fingerprint density at radius 1 is 0.980 bits per heavy atom. The van der Waals surface area contributed by atoms with Crippen molar-refractivity contribution in [3.63, 3.8) is 0 Å². The lowest BCUT2D eigenvalue weighted by Crippen LogP contribution is -2.51. The number of aromatic nitrogens is 3. The molecule has 4 heterocycles. The highest BCUT2D eigenvalue weighted by atomic mass is 19.1. The fourth-order valence-electron chi connectivity index (χ4n) is 6.53. The monoisotopic (exact) mass is 663 g/mol. The van der Waals surface area contributed by atoms with Gasteiger partial charge in [-0.05, 0) is 86.3 Å². The number of pyridine rings is 2. The van der Waals surface area contributed by atoms with Crippen molar-refractivity contribution in [2.24, 2.45) is 0 Å². The van der Waals surface area contributed by atoms with E-state index in [0.29, 0.717) is 60.7 Å². The van der Waals surface area contributed by atoms with E-state index in [1.54, 1.807) is 4.90 Å². The number of hydrogen-bond acceptors (Lipinski definition) is 6. The molecule has 0 spiro atoms. The quantitative estimate of drug-likeness (QED) is 0.173. The van der Waals surface area contributed by atoms with Crippen LogP contribution in [0.15, 0.2) is 91.9 Å². The first-order chi connectivity index (χ1) is 23.8. The number of nitrogens with one attached hydrogen (secondary N) is 2. The van der Waals surface area contributed by atoms with E-state index in [4.69, 9.17) is 4.74 Å². The molecule has 2 N–H and O–H groups in total. The van der Waals surface area contributed by atoms with Gasteiger partial charge < -0.3 is 19.8 Å². The van der Waals surface area contributed by atoms with Gasteiger partial charge in [-0.15, -0.1) is 0 Å². The van der Waals surface area contributed by atoms with Crippen LogP contribution in [0.25, 0.3) is 22.5 Å². The molecular formula is C37H35F2N7O3. The maximum atomic E-state index is 14.6. The zero-order chi connectivity index (χ0) is 34.1. The number of rotatable bonds is 9. The summed E-state index contributed by atoms with van der Waals surface area (Å²) in [5.41, 5.74) is 3.91. The van der Waals surface area contributed by atoms with E-state index in [2.05, 4.69) is 27.2 Å². The van der Waals surface area contributed by atoms with Crippen LogP contribution in [-0.4, -0.2) is 63.5 Å². The highest BCUT2D eigenvalue weighted by Crippen LogP contribution is 2.42. The van der Waals surface area contributed by atoms with E-state index in [-0.39, 0.29) is 29.7 Å². The van der Waals surface area contributed by atoms with Crippen molar-refractivity contribution in [2.75, 3.05) is 25.1 Å². The second-order valence-electron chi connectivity index (χ2n) is 12.2. The number of carbonyl (C=O) groups excluding carboxylic acids is 2. The molecule has 1 saturated carbocycles. The van der Waals surface area contributed by atoms with E-state index in [1.807, 2.05) is 55.6 Å². The van der Waals surface area contributed by atoms with Crippen LogP contribution in [0.5, 0.6) is 5.75 Å². The predicted molar refractivity (Wildman–Crippen MR) is 183 cm³/mol. The zero-order valence-corrected chi connectivity index (χ0v) is 26.9. The Balaban J connectivity index is 1.09. The van der Waals surface area contributed by atoms with Crippen molar-refractivity contribution in [2.45, 2.75) is 37.8 Å². The summed E-state index contributed by atoms with van der Waals surface area (Å²) in [7, 11) is 1.87. The van der Waals surface area contributed by atoms with E-state index >= 15 is 0 Å². The van der Waals surface area contributed by atoms with Crippen LogP contribution in [0.1, 0.15) is 41.7 Å². The fourth-order valence-corrected chi connectivity index (χ4v) is 6.53. The van der Waals surface area contributed by atoms with Gasteiger partial charge in [0.05, 0.1) is 11.9 Å². The Bertz CT molecular complexity index is 2040. The minimum absolute atomic E-state index is 0.141. The maximum Gasteiger partial charge on any atom is 0.335 e. The summed E-state index contributed by atoms with van der Waals surface area (Å²) < 4.78 is 35.4. The number of fused-ring (bicyclic) bond motifs is 2. The molecule has 2 aromatic carbocycles. The third-order valence-corrected chi connectivity index (χ3v) is 9.00. The minimum Gasteiger partial charge on any atom is -0.492 e. The number of imidazole rings is 1. The smallest absolute Gasteiger partial charge is 0.335 e. The van der Waals surface area contributed by atoms with Gasteiger partial charge in [-0.3, -0.25) is 9.69 Å². The topological polar surface area (TPSA) is 104 Å². The van der Waals surface area contributed by atoms with Gasteiger partial charge in [0.15, 0.2) is 5.82 Å². The molecule has 3 aromatic heterocycles. The van der Waals surface area contributed by atoms with E-state index in [9.17, 15) is 18.4 Å². The molecule has 49 heavy (non-hydrogen) atoms. The normalized spacial score (nSPS) is 17.7. The molecule has 0 radical (unpaired) electrons. The van der Waals surface area contributed by atoms with E-state index < -0.39 is 11.6 Å². The molecule has 0 bridgehead atoms. The molecule has 0 unspecified atom stereocenters. The number of hydrogen-bond donors (Lipinski definition) is 2. The van der Waals surface area contributed by atoms with E-state index in [1.165, 1.54) is 39.9 Å². The van der Waals surface area contributed by atoms with Gasteiger partial charge in [0.2, 0.25) is 0 Å². The first-order valence-corrected chi connectivity index (χ1v) is 16.2. The summed E-state index contributed by atoms with van der Waals surface area (Å²) in [6.45, 7) is 5.51. The van der Waals surface area contributed by atoms with Gasteiger partial charge in [-0.1, -0.05) is 30.8 Å². The van der Waals surface area contributed by atoms with Crippen LogP contribution in [0.2, 0.25) is 0 Å². The standard InChI is InChI=1S/C37H35F2N7O3/c1-23-32-19-27(39)20-41-35(32)46(30-5-3-4-25(18-30)24-6-13-31(14-7-24)49-17-16-40-2)37(48)45(23)29-11-9-28(10-12-29)42-36(47)33-22-44-21-26(38)8-15-34(44)43-33/h3-8,13-15,18-22,28-29,40H,1,9-12,16-17H2,2H3,(H,42,47)/t28-,29+. The number of urea groups is 1. The van der Waals surface area contributed by atoms with Crippen molar-refractivity contribution < 1.29 is 23.1 Å². The van der Waals surface area contributed by atoms with Gasteiger partial charge in [-0.25, -0.2) is 28.4 Å². The minimum atomic E-state index is -0.527. The number of anilines is 2. The van der Waals surface area contributed by atoms with Crippen molar-refractivity contribution in [1.29, 1.82) is 0 Å². The Morgan fingerprint density at radius 2 is 1.78 bits per heavy atom. The number of nitrogens with zero attached hydrogens (tertiary/aromatic N) is 5. The average molecular weight is 664 g/mol. The maximum absolute atomic E-state index is 14.6. The lowest BCUT2D eigenvalue weighted by Gasteiger charge is -2.43. The fraction of sp³-hybridized carbons (Fsp3) is 0.243. The predicted octanol–water partition coefficient (Wildman–Crippen LogP) is 6.56. The molecule has 2 aliphatic rings. The summed E-state index contributed by atoms with van der Waals surface area (Å²) >= 11 is 0. The molecule has 3 amide bonds. The Labute approximate surface area is 282 Å². The molecule has 5 aromatic rings. The van der Waals surface area contributed by atoms with Crippen LogP contribution >= 0.6 is 0 Å². The lowest BCUT2D eigenvalue weighted by atomic mass is 9.89. The van der Waals surface area contributed by atoms with Crippen LogP contribution in [-0.2, 0) is 0 Å². The second-order valence-corrected chi connectivity index (χ2v) is 12.2. The van der Waals surface area contributed by atoms with Crippen molar-refractivity contribution in [1.82, 2.24) is 29.9 Å². The molecule has 1 aliphatic carbocycles. The third-order valence-electron chi connectivity index (χ3n) is 9.00. The Morgan fingerprint density at radius 3 is 2.55 bits per heavy atom. The summed E-state index contributed by atoms with van der Waals surface area (Å²) in [5.74, 6) is -0.221. The van der Waals surface area contributed by atoms with Crippen LogP contribution in [0.3, 0.4) is 0 Å². The van der Waals surface area contributed by atoms with Crippen molar-refractivity contribution in [3.05, 3.63) is 115 Å². The molecule has 1 aliphatic heterocycles. The number of carbonyl (C=O) groups is 2. The average Bonchev–Trinajstić information content (AvgIpc) is 3.54. The SMILES string of the molecule is C=C1c2cc(F)cnc2N(c2cccc(-c3ccc(OCCNC)cc3)c2)C(=O)N1[C@H]1CC[C@@H](NC(=O)c2cn3cc(F)ccc3n2)CC1. The number of amides is 3. The largest absolute Gasteiger partial charge is 0.492 e. The van der Waals surface area contributed by atoms with Crippen molar-refractivity contribution in [3.8, 4) is 16.9 Å². The van der Waals surface area contributed by atoms with Crippen LogP contribution in [0, 0.1) is 11.6 Å². The van der Waals surface area contributed by atoms with Crippen LogP contribution < -0.4 is 20.3 Å². The second kappa shape index (κ2) is 13.5. The molecular weight excluding hydrogens is 628 g/mol. The highest BCUT2D eigenvalue weighted by molar-refractivity contribution is 6.08. The summed E-state index contributed by atoms with van der Waals surface area (Å²) in [6.07, 6.45) is 6.25. The summed E-state index contributed by atoms with van der Waals surface area (Å²) in [6, 6.07) is 18.8. The van der Waals surface area contributed by atoms with Gasteiger partial charge >= 0.3 is 6.03 Å². The molecule has 0 saturated heterocycles. The molecule has 10 nitrogen and oxygen atoms in total. The Kier molecular flexibility index (Phi) is 8.79. The molecule has 250 valence electrons. The van der Waals surface area contributed by atoms with Crippen molar-refractivity contribution >= 4 is 34.8 Å². The molecule has 0 atom stereocenters. The molecule has 12 heteroatoms. The lowest BCUT2D eigenvalue weighted by molar-refractivity contribution is 0.0914. The summed E-state index contributed by atoms with van der Waals surface area (Å²) in [5, 5.41) is 6.09. The number of ether oxygens (including phenoxy) is 1. The molecule has 7 rings (SSSR count). The first kappa shape index (κ1) is 32.0. The molecule has 1 fully saturated rings. The number of likely N-dealkylation sites (N-methyl/N-ethyl adjacent to an activating group) is 1. The van der Waals surface area contributed by atoms with Gasteiger partial charge in [0.1, 0.15) is 35.3 Å². The zero-order valence-electron chi connectivity index (χ0n) is 26.9.